The largest absolute Gasteiger partial charge is 0.369 e. The van der Waals surface area contributed by atoms with Gasteiger partial charge in [0.1, 0.15) is 5.52 Å². The van der Waals surface area contributed by atoms with Crippen molar-refractivity contribution in [2.75, 3.05) is 5.73 Å². The predicted octanol–water partition coefficient (Wildman–Crippen LogP) is 2.35. The van der Waals surface area contributed by atoms with Crippen LogP contribution < -0.4 is 11.1 Å². The molecule has 4 rings (SSSR count). The molecule has 136 valence electrons. The van der Waals surface area contributed by atoms with Crippen molar-refractivity contribution in [1.29, 1.82) is 0 Å². The number of pyridine rings is 1. The fraction of sp³-hybridized carbons (Fsp3) is 0.158. The summed E-state index contributed by atoms with van der Waals surface area (Å²) in [5.74, 6) is 0.161. The second-order valence-corrected chi connectivity index (χ2v) is 6.11. The van der Waals surface area contributed by atoms with Gasteiger partial charge < -0.3 is 11.1 Å². The first-order valence-corrected chi connectivity index (χ1v) is 8.65. The number of carbonyl (C=O) groups excluding carboxylic acids is 1. The highest BCUT2D eigenvalue weighted by atomic mass is 16.1. The van der Waals surface area contributed by atoms with Gasteiger partial charge in [-0.05, 0) is 19.1 Å². The lowest BCUT2D eigenvalue weighted by Crippen LogP contribution is -2.23. The quantitative estimate of drug-likeness (QED) is 0.505. The van der Waals surface area contributed by atoms with Crippen LogP contribution in [0.1, 0.15) is 23.0 Å². The van der Waals surface area contributed by atoms with E-state index in [9.17, 15) is 4.79 Å². The van der Waals surface area contributed by atoms with Crippen LogP contribution in [0.5, 0.6) is 0 Å². The number of imidazole rings is 1. The van der Waals surface area contributed by atoms with Gasteiger partial charge in [0.05, 0.1) is 23.5 Å². The molecule has 0 saturated heterocycles. The van der Waals surface area contributed by atoms with E-state index >= 15 is 0 Å². The fourth-order valence-corrected chi connectivity index (χ4v) is 2.95. The first-order valence-electron chi connectivity index (χ1n) is 8.65. The molecule has 8 heteroatoms. The van der Waals surface area contributed by atoms with Crippen LogP contribution in [-0.2, 0) is 13.1 Å². The number of aromatic nitrogens is 5. The molecule has 27 heavy (non-hydrogen) atoms. The molecule has 0 aliphatic heterocycles. The summed E-state index contributed by atoms with van der Waals surface area (Å²) in [6, 6.07) is 13.5. The highest BCUT2D eigenvalue weighted by Gasteiger charge is 2.13. The Morgan fingerprint density at radius 3 is 2.85 bits per heavy atom. The third-order valence-corrected chi connectivity index (χ3v) is 4.33. The molecule has 0 atom stereocenters. The van der Waals surface area contributed by atoms with Gasteiger partial charge in [0, 0.05) is 18.3 Å². The number of fused-ring (bicyclic) bond motifs is 1. The molecule has 1 amide bonds. The average Bonchev–Trinajstić information content (AvgIpc) is 3.29. The molecule has 0 fully saturated rings. The maximum absolute atomic E-state index is 12.4. The van der Waals surface area contributed by atoms with Crippen molar-refractivity contribution in [3.8, 4) is 11.3 Å². The number of anilines is 1. The van der Waals surface area contributed by atoms with Gasteiger partial charge >= 0.3 is 0 Å². The van der Waals surface area contributed by atoms with Gasteiger partial charge in [0.2, 0.25) is 5.95 Å². The molecule has 1 aromatic carbocycles. The van der Waals surface area contributed by atoms with Crippen LogP contribution in [0.15, 0.2) is 48.7 Å². The van der Waals surface area contributed by atoms with E-state index in [1.165, 1.54) is 6.20 Å². The third kappa shape index (κ3) is 3.24. The molecule has 3 aromatic heterocycles. The zero-order valence-corrected chi connectivity index (χ0v) is 14.8. The molecule has 0 bridgehead atoms. The second-order valence-electron chi connectivity index (χ2n) is 6.11. The lowest BCUT2D eigenvalue weighted by Gasteiger charge is -2.04. The smallest absolute Gasteiger partial charge is 0.253 e. The van der Waals surface area contributed by atoms with Crippen LogP contribution in [0.4, 0.5) is 5.95 Å². The van der Waals surface area contributed by atoms with Gasteiger partial charge in [-0.1, -0.05) is 30.3 Å². The molecule has 0 aliphatic carbocycles. The van der Waals surface area contributed by atoms with Crippen molar-refractivity contribution in [3.63, 3.8) is 0 Å². The molecular formula is C19H19N7O. The molecule has 4 aromatic rings. The molecule has 3 heterocycles. The summed E-state index contributed by atoms with van der Waals surface area (Å²) in [7, 11) is 0. The number of nitrogens with one attached hydrogen (secondary N) is 2. The normalized spacial score (nSPS) is 11.0. The van der Waals surface area contributed by atoms with Gasteiger partial charge in [0.25, 0.3) is 5.91 Å². The molecule has 0 spiro atoms. The molecule has 0 aliphatic rings. The Labute approximate surface area is 155 Å². The topological polar surface area (TPSA) is 115 Å². The average molecular weight is 361 g/mol. The number of aromatic amines is 1. The highest BCUT2D eigenvalue weighted by molar-refractivity contribution is 5.96. The monoisotopic (exact) mass is 361 g/mol. The molecule has 0 radical (unpaired) electrons. The number of carbonyl (C=O) groups is 1. The van der Waals surface area contributed by atoms with Crippen LogP contribution >= 0.6 is 0 Å². The van der Waals surface area contributed by atoms with E-state index in [4.69, 9.17) is 5.73 Å². The number of nitrogens with two attached hydrogens (primary N) is 1. The number of aryl methyl sites for hydroxylation is 1. The predicted molar refractivity (Wildman–Crippen MR) is 103 cm³/mol. The van der Waals surface area contributed by atoms with Crippen LogP contribution in [0.3, 0.4) is 0 Å². The Kier molecular flexibility index (Phi) is 4.29. The number of amides is 1. The molecule has 0 unspecified atom stereocenters. The SMILES string of the molecule is CCn1c(N)nc2cc(C(=O)NCc3cc(-c4ccccc4)n[nH]3)cnc21. The third-order valence-electron chi connectivity index (χ3n) is 4.33. The van der Waals surface area contributed by atoms with Crippen molar-refractivity contribution >= 4 is 23.0 Å². The Bertz CT molecular complexity index is 1100. The van der Waals surface area contributed by atoms with E-state index in [1.54, 1.807) is 10.6 Å². The number of nitrogens with zero attached hydrogens (tertiary/aromatic N) is 4. The minimum atomic E-state index is -0.232. The summed E-state index contributed by atoms with van der Waals surface area (Å²) in [5.41, 5.74) is 10.3. The summed E-state index contributed by atoms with van der Waals surface area (Å²) in [5, 5.41) is 10.1. The highest BCUT2D eigenvalue weighted by Crippen LogP contribution is 2.18. The Hall–Kier alpha value is -3.68. The number of rotatable bonds is 5. The van der Waals surface area contributed by atoms with Crippen molar-refractivity contribution < 1.29 is 4.79 Å². The van der Waals surface area contributed by atoms with Gasteiger partial charge in [-0.15, -0.1) is 0 Å². The number of benzene rings is 1. The lowest BCUT2D eigenvalue weighted by molar-refractivity contribution is 0.0950. The zero-order valence-electron chi connectivity index (χ0n) is 14.8. The first kappa shape index (κ1) is 16.8. The Balaban J connectivity index is 1.47. The minimum absolute atomic E-state index is 0.232. The van der Waals surface area contributed by atoms with Crippen molar-refractivity contribution in [1.82, 2.24) is 30.0 Å². The van der Waals surface area contributed by atoms with Gasteiger partial charge in [0.15, 0.2) is 5.65 Å². The maximum atomic E-state index is 12.4. The van der Waals surface area contributed by atoms with Gasteiger partial charge in [-0.25, -0.2) is 9.97 Å². The van der Waals surface area contributed by atoms with Crippen LogP contribution in [0.25, 0.3) is 22.4 Å². The lowest BCUT2D eigenvalue weighted by atomic mass is 10.1. The van der Waals surface area contributed by atoms with E-state index in [-0.39, 0.29) is 5.91 Å². The van der Waals surface area contributed by atoms with E-state index in [0.717, 1.165) is 17.0 Å². The molecule has 8 nitrogen and oxygen atoms in total. The first-order chi connectivity index (χ1) is 13.2. The maximum Gasteiger partial charge on any atom is 0.253 e. The van der Waals surface area contributed by atoms with E-state index in [1.807, 2.05) is 43.3 Å². The Morgan fingerprint density at radius 1 is 1.26 bits per heavy atom. The van der Waals surface area contributed by atoms with Crippen LogP contribution in [0.2, 0.25) is 0 Å². The van der Waals surface area contributed by atoms with Crippen LogP contribution in [0, 0.1) is 0 Å². The molecule has 4 N–H and O–H groups in total. The minimum Gasteiger partial charge on any atom is -0.369 e. The van der Waals surface area contributed by atoms with Crippen molar-refractivity contribution in [2.45, 2.75) is 20.0 Å². The fourth-order valence-electron chi connectivity index (χ4n) is 2.95. The van der Waals surface area contributed by atoms with Crippen molar-refractivity contribution in [2.24, 2.45) is 0 Å². The number of H-pyrrole nitrogens is 1. The Morgan fingerprint density at radius 2 is 2.07 bits per heavy atom. The van der Waals surface area contributed by atoms with Crippen molar-refractivity contribution in [3.05, 3.63) is 59.9 Å². The van der Waals surface area contributed by atoms with E-state index in [0.29, 0.717) is 35.8 Å². The summed E-state index contributed by atoms with van der Waals surface area (Å²) in [6.07, 6.45) is 1.54. The number of nitrogen functional groups attached to an aromatic ring is 1. The number of hydrogen-bond acceptors (Lipinski definition) is 5. The number of hydrogen-bond donors (Lipinski definition) is 3. The van der Waals surface area contributed by atoms with Gasteiger partial charge in [-0.2, -0.15) is 5.10 Å². The summed E-state index contributed by atoms with van der Waals surface area (Å²) in [4.78, 5) is 21.0. The molecule has 0 saturated carbocycles. The van der Waals surface area contributed by atoms with Crippen LogP contribution in [-0.4, -0.2) is 30.6 Å². The summed E-state index contributed by atoms with van der Waals surface area (Å²) in [6.45, 7) is 2.97. The second kappa shape index (κ2) is 6.91. The summed E-state index contributed by atoms with van der Waals surface area (Å²) >= 11 is 0. The zero-order chi connectivity index (χ0) is 18.8. The van der Waals surface area contributed by atoms with E-state index < -0.39 is 0 Å². The van der Waals surface area contributed by atoms with Gasteiger partial charge in [-0.3, -0.25) is 14.5 Å². The summed E-state index contributed by atoms with van der Waals surface area (Å²) < 4.78 is 1.80. The molecular weight excluding hydrogens is 342 g/mol. The standard InChI is InChI=1S/C19H19N7O/c1-2-26-17-16(23-19(26)20)8-13(10-21-17)18(27)22-11-14-9-15(25-24-14)12-6-4-3-5-7-12/h3-10H,2,11H2,1H3,(H2,20,23)(H,22,27)(H,24,25). The van der Waals surface area contributed by atoms with E-state index in [2.05, 4.69) is 25.5 Å².